The van der Waals surface area contributed by atoms with Crippen LogP contribution in [0.15, 0.2) is 72.8 Å². The van der Waals surface area contributed by atoms with Gasteiger partial charge in [0.25, 0.3) is 0 Å². The van der Waals surface area contributed by atoms with Crippen molar-refractivity contribution < 1.29 is 81.4 Å². The van der Waals surface area contributed by atoms with Crippen molar-refractivity contribution in [2.75, 3.05) is 0 Å². The first-order valence-electron chi connectivity index (χ1n) is 31.5. The van der Waals surface area contributed by atoms with Gasteiger partial charge in [-0.05, 0) is 188 Å². The number of hydrogen-bond acceptors (Lipinski definition) is 17. The number of benzene rings is 4. The number of carbonyl (C=O) groups is 8. The molecule has 0 bridgehead atoms. The van der Waals surface area contributed by atoms with Gasteiger partial charge in [0.05, 0.1) is 50.2 Å². The topological polar surface area (TPSA) is 231 Å². The fourth-order valence-corrected chi connectivity index (χ4v) is 15.4. The minimum Gasteiger partial charge on any atom is -0.462 e. The maximum atomic E-state index is 14.4. The Bertz CT molecular complexity index is 3150. The predicted octanol–water partition coefficient (Wildman–Crippen LogP) is 13.4. The molecule has 0 aliphatic heterocycles. The molecule has 4 saturated carbocycles. The Labute approximate surface area is 517 Å². The molecule has 88 heavy (non-hydrogen) atoms. The zero-order valence-corrected chi connectivity index (χ0v) is 53.8. The average molecular weight is 1220 g/mol. The van der Waals surface area contributed by atoms with Crippen molar-refractivity contribution in [3.8, 4) is 11.5 Å². The van der Waals surface area contributed by atoms with Gasteiger partial charge in [-0.25, -0.2) is 4.79 Å². The van der Waals surface area contributed by atoms with E-state index in [4.69, 9.17) is 37.9 Å². The van der Waals surface area contributed by atoms with Crippen LogP contribution in [0.1, 0.15) is 202 Å². The summed E-state index contributed by atoms with van der Waals surface area (Å²) in [7, 11) is 0. The number of aliphatic hydroxyl groups is 1. The normalized spacial score (nSPS) is 26.3. The largest absolute Gasteiger partial charge is 0.462 e. The average Bonchev–Trinajstić information content (AvgIpc) is 1.18. The van der Waals surface area contributed by atoms with Crippen molar-refractivity contribution in [2.45, 2.75) is 228 Å². The van der Waals surface area contributed by atoms with Crippen LogP contribution in [-0.2, 0) is 68.6 Å². The summed E-state index contributed by atoms with van der Waals surface area (Å²) in [5.74, 6) is -5.62. The number of hydrogen-bond donors (Lipinski definition) is 1. The van der Waals surface area contributed by atoms with Crippen LogP contribution in [0.5, 0.6) is 11.5 Å². The number of rotatable bonds is 20. The third kappa shape index (κ3) is 15.9. The first-order valence-corrected chi connectivity index (χ1v) is 31.5. The Morgan fingerprint density at radius 1 is 0.545 bits per heavy atom. The fraction of sp³-hybridized carbons (Fsp3) is 0.606. The molecule has 11 atom stereocenters. The summed E-state index contributed by atoms with van der Waals surface area (Å²) in [6.45, 7) is 24.5. The van der Waals surface area contributed by atoms with Gasteiger partial charge in [-0.3, -0.25) is 33.6 Å². The smallest absolute Gasteiger partial charge is 0.338 e. The van der Waals surface area contributed by atoms with E-state index >= 15 is 0 Å². The molecule has 0 heterocycles. The standard InChI is InChI=1S/C71H92O17/c1-42(22-25-58(73)81-41-52-50-20-16-14-18-43(50)34-44-19-15-17-21-51(44)52)53-23-24-54-70(53,12)56(72)40-55-69(11)33-32-47(37-46(69)38-57(71(54,55)13)85-61(76)28-31-64(79)88-68(8,9)10)84-65(80)45-35-48(82-59(74)26-29-62(77)86-66(2,3)4)39-49(36-45)83-60(75)27-30-63(78)87-67(5,6)7/h14-21,34-36,39,42,46-47,53-57,72H,22-33,37-38,40-41H2,1-13H3/t42-,46?,47-,53-,54?,55?,56+,57-,69+,70-,71+/m1/s1. The molecule has 4 aromatic carbocycles. The van der Waals surface area contributed by atoms with E-state index in [-0.39, 0.29) is 104 Å². The van der Waals surface area contributed by atoms with Crippen LogP contribution in [0.4, 0.5) is 0 Å². The Balaban J connectivity index is 0.993. The van der Waals surface area contributed by atoms with Crippen molar-refractivity contribution in [1.29, 1.82) is 0 Å². The number of carbonyl (C=O) groups excluding carboxylic acids is 8. The molecular weight excluding hydrogens is 1120 g/mol. The zero-order chi connectivity index (χ0) is 64.3. The second-order valence-corrected chi connectivity index (χ2v) is 28.9. The lowest BCUT2D eigenvalue weighted by Gasteiger charge is -2.68. The van der Waals surface area contributed by atoms with Crippen LogP contribution < -0.4 is 9.47 Å². The molecule has 17 nitrogen and oxygen atoms in total. The van der Waals surface area contributed by atoms with Crippen molar-refractivity contribution >= 4 is 69.3 Å². The highest BCUT2D eigenvalue weighted by Crippen LogP contribution is 2.73. The summed E-state index contributed by atoms with van der Waals surface area (Å²) < 4.78 is 46.4. The van der Waals surface area contributed by atoms with Crippen LogP contribution in [0.3, 0.4) is 0 Å². The minimum absolute atomic E-state index is 0.0322. The molecular formula is C71H92O17. The lowest BCUT2D eigenvalue weighted by atomic mass is 9.37. The van der Waals surface area contributed by atoms with Gasteiger partial charge in [0.1, 0.15) is 47.1 Å². The van der Waals surface area contributed by atoms with E-state index in [1.807, 2.05) is 24.3 Å². The highest BCUT2D eigenvalue weighted by molar-refractivity contribution is 6.02. The Kier molecular flexibility index (Phi) is 20.3. The SMILES string of the molecule is C[C@H](CCC(=O)OCc1c2ccccc2cc2ccccc12)[C@H]1CCC2[C@@]3(C)C(C[C@H](O)[C@@]21C)[C@@]1(C)CC[C@@H](OC(=O)c2cc(OC(=O)CCC(=O)OC(C)(C)C)cc(OC(=O)CCC(=O)OC(C)(C)C)c2)CC1C[C@H]3OC(=O)CCC(=O)OC(C)(C)C. The first-order chi connectivity index (χ1) is 41.1. The highest BCUT2D eigenvalue weighted by atomic mass is 16.6. The Morgan fingerprint density at radius 2 is 1.05 bits per heavy atom. The fourth-order valence-electron chi connectivity index (χ4n) is 15.4. The number of aliphatic hydroxyl groups excluding tert-OH is 1. The first kappa shape index (κ1) is 67.1. The summed E-state index contributed by atoms with van der Waals surface area (Å²) in [6, 6.07) is 22.2. The molecule has 0 spiro atoms. The van der Waals surface area contributed by atoms with E-state index < -0.39 is 93.1 Å². The van der Waals surface area contributed by atoms with E-state index in [0.717, 1.165) is 39.9 Å². The number of ether oxygens (including phenoxy) is 8. The maximum absolute atomic E-state index is 14.4. The quantitative estimate of drug-likeness (QED) is 0.0375. The molecule has 1 N–H and O–H groups in total. The van der Waals surface area contributed by atoms with Crippen LogP contribution in [0.25, 0.3) is 21.5 Å². The molecule has 0 saturated heterocycles. The summed E-state index contributed by atoms with van der Waals surface area (Å²) in [6.07, 6.45) is 1.04. The zero-order valence-electron chi connectivity index (χ0n) is 53.8. The molecule has 478 valence electrons. The van der Waals surface area contributed by atoms with Gasteiger partial charge in [-0.1, -0.05) is 76.2 Å². The highest BCUT2D eigenvalue weighted by Gasteiger charge is 2.71. The Morgan fingerprint density at radius 3 is 1.57 bits per heavy atom. The molecule has 0 amide bonds. The van der Waals surface area contributed by atoms with Gasteiger partial charge in [0.2, 0.25) is 0 Å². The van der Waals surface area contributed by atoms with Crippen molar-refractivity contribution in [3.05, 3.63) is 83.9 Å². The molecule has 8 rings (SSSR count). The van der Waals surface area contributed by atoms with Gasteiger partial charge < -0.3 is 43.0 Å². The van der Waals surface area contributed by atoms with Gasteiger partial charge >= 0.3 is 47.8 Å². The predicted molar refractivity (Wildman–Crippen MR) is 328 cm³/mol. The second-order valence-electron chi connectivity index (χ2n) is 28.9. The van der Waals surface area contributed by atoms with Crippen LogP contribution in [0.2, 0.25) is 0 Å². The van der Waals surface area contributed by atoms with Crippen molar-refractivity contribution in [3.63, 3.8) is 0 Å². The molecule has 3 unspecified atom stereocenters. The summed E-state index contributed by atoms with van der Waals surface area (Å²) in [5.41, 5.74) is -3.07. The third-order valence-corrected chi connectivity index (χ3v) is 19.2. The second kappa shape index (κ2) is 26.7. The van der Waals surface area contributed by atoms with Crippen molar-refractivity contribution in [1.82, 2.24) is 0 Å². The maximum Gasteiger partial charge on any atom is 0.338 e. The van der Waals surface area contributed by atoms with Gasteiger partial charge in [0.15, 0.2) is 0 Å². The van der Waals surface area contributed by atoms with E-state index in [9.17, 15) is 43.5 Å². The van der Waals surface area contributed by atoms with Crippen LogP contribution in [0, 0.1) is 45.8 Å². The van der Waals surface area contributed by atoms with E-state index in [1.165, 1.54) is 18.2 Å². The van der Waals surface area contributed by atoms with Gasteiger partial charge in [-0.15, -0.1) is 0 Å². The molecule has 4 aliphatic rings. The molecule has 0 aromatic heterocycles. The van der Waals surface area contributed by atoms with E-state index in [1.54, 1.807) is 62.3 Å². The Hall–Kier alpha value is -6.88. The van der Waals surface area contributed by atoms with Gasteiger partial charge in [-0.2, -0.15) is 0 Å². The monoisotopic (exact) mass is 1220 g/mol. The van der Waals surface area contributed by atoms with Gasteiger partial charge in [0, 0.05) is 28.9 Å². The van der Waals surface area contributed by atoms with Crippen molar-refractivity contribution in [2.24, 2.45) is 45.8 Å². The summed E-state index contributed by atoms with van der Waals surface area (Å²) in [4.78, 5) is 106. The summed E-state index contributed by atoms with van der Waals surface area (Å²) >= 11 is 0. The van der Waals surface area contributed by atoms with E-state index in [2.05, 4.69) is 58.0 Å². The lowest BCUT2D eigenvalue weighted by molar-refractivity contribution is -0.257. The molecule has 4 fully saturated rings. The molecule has 0 radical (unpaired) electrons. The molecule has 17 heteroatoms. The van der Waals surface area contributed by atoms with E-state index in [0.29, 0.717) is 38.5 Å². The number of esters is 8. The third-order valence-electron chi connectivity index (χ3n) is 19.2. The minimum atomic E-state index is -0.815. The van der Waals surface area contributed by atoms with Crippen LogP contribution in [-0.4, -0.2) is 88.0 Å². The molecule has 4 aliphatic carbocycles. The lowest BCUT2D eigenvalue weighted by Crippen LogP contribution is -2.68. The summed E-state index contributed by atoms with van der Waals surface area (Å²) in [5, 5.41) is 17.0. The van der Waals surface area contributed by atoms with Crippen LogP contribution >= 0.6 is 0 Å². The molecule has 4 aromatic rings. The number of fused-ring (bicyclic) bond motifs is 7.